The van der Waals surface area contributed by atoms with E-state index in [2.05, 4.69) is 41.5 Å². The lowest BCUT2D eigenvalue weighted by molar-refractivity contribution is -0.175. The summed E-state index contributed by atoms with van der Waals surface area (Å²) in [4.78, 5) is 12.9. The number of fused-ring (bicyclic) bond motifs is 5. The molecule has 7 unspecified atom stereocenters. The van der Waals surface area contributed by atoms with Gasteiger partial charge in [-0.05, 0) is 61.7 Å². The van der Waals surface area contributed by atoms with Crippen LogP contribution >= 0.6 is 0 Å². The molecule has 0 N–H and O–H groups in total. The van der Waals surface area contributed by atoms with Crippen molar-refractivity contribution in [2.45, 2.75) is 79.4 Å². The molecule has 0 aromatic carbocycles. The molecule has 144 valence electrons. The highest BCUT2D eigenvalue weighted by Crippen LogP contribution is 2.66. The van der Waals surface area contributed by atoms with Crippen LogP contribution in [0.1, 0.15) is 67.2 Å². The number of carbonyl (C=O) groups is 1. The normalized spacial score (nSPS) is 42.6. The van der Waals surface area contributed by atoms with E-state index >= 15 is 0 Å². The third kappa shape index (κ3) is 3.37. The lowest BCUT2D eigenvalue weighted by atomic mass is 9.63. The van der Waals surface area contributed by atoms with Crippen LogP contribution in [0.25, 0.3) is 0 Å². The molecule has 3 aliphatic rings. The first-order chi connectivity index (χ1) is 11.7. The van der Waals surface area contributed by atoms with Gasteiger partial charge in [-0.15, -0.1) is 0 Å². The number of esters is 1. The third-order valence-corrected chi connectivity index (χ3v) is 6.80. The molecule has 0 spiro atoms. The van der Waals surface area contributed by atoms with Gasteiger partial charge in [0.25, 0.3) is 0 Å². The van der Waals surface area contributed by atoms with E-state index in [4.69, 9.17) is 14.2 Å². The topological polar surface area (TPSA) is 44.8 Å². The zero-order valence-corrected chi connectivity index (χ0v) is 16.8. The molecule has 25 heavy (non-hydrogen) atoms. The number of ether oxygens (including phenoxy) is 3. The fourth-order valence-corrected chi connectivity index (χ4v) is 5.87. The highest BCUT2D eigenvalue weighted by atomic mass is 16.7. The van der Waals surface area contributed by atoms with Crippen molar-refractivity contribution in [2.24, 2.45) is 34.5 Å². The van der Waals surface area contributed by atoms with Crippen LogP contribution in [0.4, 0.5) is 0 Å². The van der Waals surface area contributed by atoms with E-state index in [0.29, 0.717) is 42.5 Å². The summed E-state index contributed by atoms with van der Waals surface area (Å²) in [7, 11) is 0. The van der Waals surface area contributed by atoms with Crippen molar-refractivity contribution >= 4 is 5.97 Å². The van der Waals surface area contributed by atoms with Crippen molar-refractivity contribution in [3.05, 3.63) is 0 Å². The Morgan fingerprint density at radius 3 is 2.40 bits per heavy atom. The largest absolute Gasteiger partial charge is 0.438 e. The first-order valence-corrected chi connectivity index (χ1v) is 10.1. The van der Waals surface area contributed by atoms with Crippen molar-refractivity contribution in [3.63, 3.8) is 0 Å². The maximum atomic E-state index is 12.9. The summed E-state index contributed by atoms with van der Waals surface area (Å²) in [5, 5.41) is 0. The molecule has 2 aliphatic carbocycles. The van der Waals surface area contributed by atoms with Crippen LogP contribution in [0.3, 0.4) is 0 Å². The predicted molar refractivity (Wildman–Crippen MR) is 96.9 cm³/mol. The van der Waals surface area contributed by atoms with E-state index in [0.717, 1.165) is 19.3 Å². The number of carbonyl (C=O) groups excluding carboxylic acids is 1. The van der Waals surface area contributed by atoms with Gasteiger partial charge in [0, 0.05) is 0 Å². The fourth-order valence-electron chi connectivity index (χ4n) is 5.87. The van der Waals surface area contributed by atoms with E-state index < -0.39 is 0 Å². The number of rotatable bonds is 6. The van der Waals surface area contributed by atoms with E-state index in [1.807, 2.05) is 0 Å². The highest BCUT2D eigenvalue weighted by molar-refractivity contribution is 5.77. The molecular formula is C21H36O4. The Bertz CT molecular complexity index is 497. The predicted octanol–water partition coefficient (Wildman–Crippen LogP) is 4.42. The average molecular weight is 353 g/mol. The second-order valence-corrected chi connectivity index (χ2v) is 9.87. The standard InChI is InChI=1S/C21H36O4/c1-7-15-17-13-9-14(18(17)16(8-2)25-15)21(6,10-13)19(22)24-12-23-11-20(3,4)5/h13-18H,7-12H2,1-6H3. The van der Waals surface area contributed by atoms with Gasteiger partial charge in [0.1, 0.15) is 0 Å². The van der Waals surface area contributed by atoms with Crippen molar-refractivity contribution in [2.75, 3.05) is 13.4 Å². The van der Waals surface area contributed by atoms with Gasteiger partial charge in [0.05, 0.1) is 24.2 Å². The fraction of sp³-hybridized carbons (Fsp3) is 0.952. The van der Waals surface area contributed by atoms with E-state index in [-0.39, 0.29) is 23.6 Å². The molecule has 4 nitrogen and oxygen atoms in total. The Hall–Kier alpha value is -0.610. The maximum absolute atomic E-state index is 12.9. The van der Waals surface area contributed by atoms with Crippen LogP contribution in [0.2, 0.25) is 0 Å². The smallest absolute Gasteiger partial charge is 0.314 e. The molecule has 2 saturated carbocycles. The van der Waals surface area contributed by atoms with Gasteiger partial charge in [-0.2, -0.15) is 0 Å². The van der Waals surface area contributed by atoms with Gasteiger partial charge in [0.2, 0.25) is 0 Å². The van der Waals surface area contributed by atoms with Crippen LogP contribution in [0.15, 0.2) is 0 Å². The van der Waals surface area contributed by atoms with Crippen LogP contribution in [0.5, 0.6) is 0 Å². The summed E-state index contributed by atoms with van der Waals surface area (Å²) in [5.74, 6) is 2.13. The van der Waals surface area contributed by atoms with Crippen molar-refractivity contribution in [1.29, 1.82) is 0 Å². The highest BCUT2D eigenvalue weighted by Gasteiger charge is 2.66. The second-order valence-electron chi connectivity index (χ2n) is 9.87. The molecule has 7 atom stereocenters. The number of hydrogen-bond donors (Lipinski definition) is 0. The summed E-state index contributed by atoms with van der Waals surface area (Å²) >= 11 is 0. The maximum Gasteiger partial charge on any atom is 0.314 e. The molecule has 3 fully saturated rings. The number of hydrogen-bond acceptors (Lipinski definition) is 4. The van der Waals surface area contributed by atoms with Crippen LogP contribution in [-0.4, -0.2) is 31.6 Å². The van der Waals surface area contributed by atoms with E-state index in [1.165, 1.54) is 6.42 Å². The minimum absolute atomic E-state index is 0.0674. The Balaban J connectivity index is 1.63. The van der Waals surface area contributed by atoms with Crippen molar-refractivity contribution in [3.8, 4) is 0 Å². The Kier molecular flexibility index (Phi) is 5.25. The molecule has 2 bridgehead atoms. The summed E-state index contributed by atoms with van der Waals surface area (Å²) in [6.07, 6.45) is 4.95. The summed E-state index contributed by atoms with van der Waals surface area (Å²) in [5.41, 5.74) is -0.281. The molecule has 0 radical (unpaired) electrons. The summed E-state index contributed by atoms with van der Waals surface area (Å²) < 4.78 is 17.4. The Morgan fingerprint density at radius 1 is 1.16 bits per heavy atom. The molecule has 0 aromatic heterocycles. The van der Waals surface area contributed by atoms with Gasteiger partial charge in [-0.1, -0.05) is 34.6 Å². The van der Waals surface area contributed by atoms with Crippen molar-refractivity contribution in [1.82, 2.24) is 0 Å². The Labute approximate surface area is 153 Å². The van der Waals surface area contributed by atoms with Gasteiger partial charge in [0.15, 0.2) is 6.79 Å². The molecule has 1 aliphatic heterocycles. The van der Waals surface area contributed by atoms with Gasteiger partial charge >= 0.3 is 5.97 Å². The minimum Gasteiger partial charge on any atom is -0.438 e. The zero-order chi connectivity index (χ0) is 18.4. The van der Waals surface area contributed by atoms with Crippen LogP contribution < -0.4 is 0 Å². The van der Waals surface area contributed by atoms with E-state index in [1.54, 1.807) is 0 Å². The molecular weight excluding hydrogens is 316 g/mol. The summed E-state index contributed by atoms with van der Waals surface area (Å²) in [6.45, 7) is 13.6. The van der Waals surface area contributed by atoms with Crippen LogP contribution in [0, 0.1) is 34.5 Å². The van der Waals surface area contributed by atoms with Gasteiger partial charge in [-0.25, -0.2) is 0 Å². The molecule has 0 aromatic rings. The molecule has 1 saturated heterocycles. The monoisotopic (exact) mass is 352 g/mol. The lowest BCUT2D eigenvalue weighted by Gasteiger charge is -2.39. The Morgan fingerprint density at radius 2 is 1.80 bits per heavy atom. The molecule has 0 amide bonds. The van der Waals surface area contributed by atoms with Gasteiger partial charge < -0.3 is 14.2 Å². The quantitative estimate of drug-likeness (QED) is 0.403. The minimum atomic E-state index is -0.365. The first kappa shape index (κ1) is 19.2. The second kappa shape index (κ2) is 6.84. The zero-order valence-electron chi connectivity index (χ0n) is 16.8. The molecule has 1 heterocycles. The molecule has 4 heteroatoms. The van der Waals surface area contributed by atoms with Gasteiger partial charge in [-0.3, -0.25) is 4.79 Å². The average Bonchev–Trinajstić information content (AvgIpc) is 3.18. The summed E-state index contributed by atoms with van der Waals surface area (Å²) in [6, 6.07) is 0. The lowest BCUT2D eigenvalue weighted by Crippen LogP contribution is -2.44. The van der Waals surface area contributed by atoms with Crippen LogP contribution in [-0.2, 0) is 19.0 Å². The van der Waals surface area contributed by atoms with Crippen molar-refractivity contribution < 1.29 is 19.0 Å². The first-order valence-electron chi connectivity index (χ1n) is 10.1. The third-order valence-electron chi connectivity index (χ3n) is 6.80. The SMILES string of the molecule is CCC1OC(CC)C2C1C1CC2C(C)(C(=O)OCOCC(C)(C)C)C1. The van der Waals surface area contributed by atoms with E-state index in [9.17, 15) is 4.79 Å². The molecule has 3 rings (SSSR count).